The molecule has 0 unspecified atom stereocenters. The van der Waals surface area contributed by atoms with Crippen LogP contribution in [-0.2, 0) is 9.84 Å². The number of rotatable bonds is 1. The van der Waals surface area contributed by atoms with Gasteiger partial charge in [0.15, 0.2) is 9.84 Å². The molecule has 1 aromatic rings. The first kappa shape index (κ1) is 12.5. The van der Waals surface area contributed by atoms with E-state index in [1.54, 1.807) is 18.3 Å². The normalized spacial score (nSPS) is 19.0. The van der Waals surface area contributed by atoms with Crippen LogP contribution in [0.1, 0.15) is 10.5 Å². The van der Waals surface area contributed by atoms with Crippen LogP contribution in [0.4, 0.5) is 0 Å². The van der Waals surface area contributed by atoms with E-state index < -0.39 is 9.84 Å². The molecule has 0 saturated carbocycles. The van der Waals surface area contributed by atoms with E-state index in [0.29, 0.717) is 5.69 Å². The highest BCUT2D eigenvalue weighted by atomic mass is 79.9. The number of pyridine rings is 1. The maximum Gasteiger partial charge on any atom is 0.272 e. The Kier molecular flexibility index (Phi) is 3.48. The average Bonchev–Trinajstić information content (AvgIpc) is 2.29. The molecule has 0 N–H and O–H groups in total. The number of carbonyl (C=O) groups excluding carboxylic acids is 1. The molecule has 0 spiro atoms. The minimum atomic E-state index is -2.96. The molecular weight excluding hydrogens is 308 g/mol. The van der Waals surface area contributed by atoms with Crippen molar-refractivity contribution in [1.29, 1.82) is 0 Å². The predicted molar refractivity (Wildman–Crippen MR) is 66.5 cm³/mol. The molecule has 2 heterocycles. The first-order valence-corrected chi connectivity index (χ1v) is 7.71. The standard InChI is InChI=1S/C10H11BrN2O3S/c11-8-1-2-9(12-7-8)10(14)13-3-5-17(15,16)6-4-13/h1-2,7H,3-6H2. The predicted octanol–water partition coefficient (Wildman–Crippen LogP) is 0.715. The lowest BCUT2D eigenvalue weighted by Crippen LogP contribution is -2.43. The van der Waals surface area contributed by atoms with E-state index >= 15 is 0 Å². The van der Waals surface area contributed by atoms with Crippen LogP contribution in [0.25, 0.3) is 0 Å². The zero-order valence-corrected chi connectivity index (χ0v) is 11.4. The Hall–Kier alpha value is -0.950. The van der Waals surface area contributed by atoms with Crippen LogP contribution in [0.5, 0.6) is 0 Å². The van der Waals surface area contributed by atoms with Crippen molar-refractivity contribution < 1.29 is 13.2 Å². The van der Waals surface area contributed by atoms with Crippen molar-refractivity contribution >= 4 is 31.7 Å². The number of halogens is 1. The lowest BCUT2D eigenvalue weighted by atomic mass is 10.3. The van der Waals surface area contributed by atoms with Crippen LogP contribution < -0.4 is 0 Å². The molecule has 1 amide bonds. The van der Waals surface area contributed by atoms with Gasteiger partial charge < -0.3 is 4.90 Å². The van der Waals surface area contributed by atoms with Crippen LogP contribution >= 0.6 is 15.9 Å². The van der Waals surface area contributed by atoms with E-state index in [9.17, 15) is 13.2 Å². The van der Waals surface area contributed by atoms with Gasteiger partial charge in [0.1, 0.15) is 5.69 Å². The highest BCUT2D eigenvalue weighted by Gasteiger charge is 2.26. The smallest absolute Gasteiger partial charge is 0.272 e. The molecule has 0 radical (unpaired) electrons. The summed E-state index contributed by atoms with van der Waals surface area (Å²) in [6.45, 7) is 0.498. The summed E-state index contributed by atoms with van der Waals surface area (Å²) >= 11 is 3.24. The molecular formula is C10H11BrN2O3S. The largest absolute Gasteiger partial charge is 0.335 e. The van der Waals surface area contributed by atoms with Gasteiger partial charge in [0.2, 0.25) is 0 Å². The van der Waals surface area contributed by atoms with Gasteiger partial charge in [-0.3, -0.25) is 4.79 Å². The quantitative estimate of drug-likeness (QED) is 0.765. The summed E-state index contributed by atoms with van der Waals surface area (Å²) < 4.78 is 23.3. The minimum absolute atomic E-state index is 0.0370. The topological polar surface area (TPSA) is 67.3 Å². The number of sulfone groups is 1. The van der Waals surface area contributed by atoms with Crippen LogP contribution in [0, 0.1) is 0 Å². The maximum absolute atomic E-state index is 12.0. The molecule has 0 aliphatic carbocycles. The lowest BCUT2D eigenvalue weighted by molar-refractivity contribution is 0.0764. The molecule has 1 aliphatic heterocycles. The second kappa shape index (κ2) is 4.73. The third kappa shape index (κ3) is 3.04. The molecule has 17 heavy (non-hydrogen) atoms. The van der Waals surface area contributed by atoms with Crippen molar-refractivity contribution in [3.8, 4) is 0 Å². The molecule has 0 aromatic carbocycles. The van der Waals surface area contributed by atoms with Gasteiger partial charge in [0, 0.05) is 23.8 Å². The second-order valence-corrected chi connectivity index (χ2v) is 7.02. The molecule has 0 bridgehead atoms. The van der Waals surface area contributed by atoms with E-state index in [1.807, 2.05) is 0 Å². The number of hydrogen-bond acceptors (Lipinski definition) is 4. The van der Waals surface area contributed by atoms with Gasteiger partial charge in [-0.2, -0.15) is 0 Å². The Morgan fingerprint density at radius 1 is 1.29 bits per heavy atom. The summed E-state index contributed by atoms with van der Waals surface area (Å²) in [5.41, 5.74) is 0.340. The second-order valence-electron chi connectivity index (χ2n) is 3.81. The number of amides is 1. The molecule has 0 atom stereocenters. The van der Waals surface area contributed by atoms with Crippen molar-refractivity contribution in [1.82, 2.24) is 9.88 Å². The Morgan fingerprint density at radius 3 is 2.47 bits per heavy atom. The third-order valence-corrected chi connectivity index (χ3v) is 4.66. The van der Waals surface area contributed by atoms with Crippen molar-refractivity contribution in [2.24, 2.45) is 0 Å². The molecule has 92 valence electrons. The maximum atomic E-state index is 12.0. The van der Waals surface area contributed by atoms with Crippen LogP contribution in [0.15, 0.2) is 22.8 Å². The third-order valence-electron chi connectivity index (χ3n) is 2.58. The van der Waals surface area contributed by atoms with E-state index in [4.69, 9.17) is 0 Å². The lowest BCUT2D eigenvalue weighted by Gasteiger charge is -2.26. The molecule has 1 fully saturated rings. The van der Waals surface area contributed by atoms with Crippen LogP contribution in [-0.4, -0.2) is 48.8 Å². The van der Waals surface area contributed by atoms with E-state index in [2.05, 4.69) is 20.9 Å². The Labute approximate surface area is 108 Å². The van der Waals surface area contributed by atoms with E-state index in [-0.39, 0.29) is 30.5 Å². The Morgan fingerprint density at radius 2 is 1.94 bits per heavy atom. The van der Waals surface area contributed by atoms with Gasteiger partial charge in [0.25, 0.3) is 5.91 Å². The van der Waals surface area contributed by atoms with Gasteiger partial charge in [-0.15, -0.1) is 0 Å². The summed E-state index contributed by atoms with van der Waals surface area (Å²) in [7, 11) is -2.96. The Bertz CT molecular complexity index is 513. The summed E-state index contributed by atoms with van der Waals surface area (Å²) in [6.07, 6.45) is 1.55. The molecule has 7 heteroatoms. The SMILES string of the molecule is O=C(c1ccc(Br)cn1)N1CCS(=O)(=O)CC1. The van der Waals surface area contributed by atoms with Crippen molar-refractivity contribution in [3.63, 3.8) is 0 Å². The first-order chi connectivity index (χ1) is 7.98. The summed E-state index contributed by atoms with van der Waals surface area (Å²) in [4.78, 5) is 17.5. The van der Waals surface area contributed by atoms with Crippen LogP contribution in [0.2, 0.25) is 0 Å². The molecule has 5 nitrogen and oxygen atoms in total. The number of hydrogen-bond donors (Lipinski definition) is 0. The van der Waals surface area contributed by atoms with Crippen LogP contribution in [0.3, 0.4) is 0 Å². The average molecular weight is 319 g/mol. The van der Waals surface area contributed by atoms with Crippen molar-refractivity contribution in [2.75, 3.05) is 24.6 Å². The fourth-order valence-corrected chi connectivity index (χ4v) is 3.02. The summed E-state index contributed by atoms with van der Waals surface area (Å²) in [5.74, 6) is -0.141. The van der Waals surface area contributed by atoms with Gasteiger partial charge in [-0.25, -0.2) is 13.4 Å². The zero-order chi connectivity index (χ0) is 12.5. The van der Waals surface area contributed by atoms with E-state index in [0.717, 1.165) is 4.47 Å². The molecule has 1 saturated heterocycles. The van der Waals surface area contributed by atoms with Gasteiger partial charge >= 0.3 is 0 Å². The minimum Gasteiger partial charge on any atom is -0.335 e. The van der Waals surface area contributed by atoms with Crippen molar-refractivity contribution in [2.45, 2.75) is 0 Å². The summed E-state index contributed by atoms with van der Waals surface area (Å²) in [6, 6.07) is 3.36. The molecule has 1 aromatic heterocycles. The first-order valence-electron chi connectivity index (χ1n) is 5.09. The number of nitrogens with zero attached hydrogens (tertiary/aromatic N) is 2. The van der Waals surface area contributed by atoms with Gasteiger partial charge in [-0.1, -0.05) is 0 Å². The zero-order valence-electron chi connectivity index (χ0n) is 8.97. The molecule has 1 aliphatic rings. The number of carbonyl (C=O) groups is 1. The van der Waals surface area contributed by atoms with Gasteiger partial charge in [0.05, 0.1) is 11.5 Å². The monoisotopic (exact) mass is 318 g/mol. The van der Waals surface area contributed by atoms with E-state index in [1.165, 1.54) is 4.90 Å². The number of aromatic nitrogens is 1. The summed E-state index contributed by atoms with van der Waals surface area (Å²) in [5, 5.41) is 0. The Balaban J connectivity index is 2.09. The van der Waals surface area contributed by atoms with Crippen molar-refractivity contribution in [3.05, 3.63) is 28.5 Å². The fraction of sp³-hybridized carbons (Fsp3) is 0.400. The molecule has 2 rings (SSSR count). The fourth-order valence-electron chi connectivity index (χ4n) is 1.58. The highest BCUT2D eigenvalue weighted by molar-refractivity contribution is 9.10. The highest BCUT2D eigenvalue weighted by Crippen LogP contribution is 2.11. The van der Waals surface area contributed by atoms with Gasteiger partial charge in [-0.05, 0) is 28.1 Å².